The highest BCUT2D eigenvalue weighted by Crippen LogP contribution is 2.54. The van der Waals surface area contributed by atoms with Crippen LogP contribution in [0, 0.1) is 23.7 Å². The van der Waals surface area contributed by atoms with Gasteiger partial charge in [-0.15, -0.1) is 12.4 Å². The van der Waals surface area contributed by atoms with Crippen LogP contribution in [0.15, 0.2) is 48.5 Å². The fourth-order valence-electron chi connectivity index (χ4n) is 9.11. The lowest BCUT2D eigenvalue weighted by Crippen LogP contribution is -2.33. The van der Waals surface area contributed by atoms with E-state index in [-0.39, 0.29) is 67.7 Å². The highest BCUT2D eigenvalue weighted by atomic mass is 35.5. The molecule has 3 amide bonds. The first-order valence-electron chi connectivity index (χ1n) is 28.5. The number of halogens is 12. The summed E-state index contributed by atoms with van der Waals surface area (Å²) in [4.78, 5) is 34.9. The van der Waals surface area contributed by atoms with Crippen molar-refractivity contribution in [2.45, 2.75) is 128 Å². The number of aromatic hydroxyl groups is 1. The van der Waals surface area contributed by atoms with Crippen molar-refractivity contribution < 1.29 is 66.2 Å². The zero-order valence-corrected chi connectivity index (χ0v) is 58.2. The van der Waals surface area contributed by atoms with Crippen molar-refractivity contribution in [1.29, 1.82) is 0 Å². The first-order valence-corrected chi connectivity index (χ1v) is 31.5. The van der Waals surface area contributed by atoms with Crippen LogP contribution in [0.3, 0.4) is 0 Å². The maximum atomic E-state index is 12.4. The molecule has 0 bridgehead atoms. The summed E-state index contributed by atoms with van der Waals surface area (Å²) in [5.41, 5.74) is 7.80. The number of hydrogen-bond acceptors (Lipinski definition) is 12. The van der Waals surface area contributed by atoms with Gasteiger partial charge in [0.05, 0.1) is 53.9 Å². The monoisotopic (exact) mass is 1430 g/mol. The van der Waals surface area contributed by atoms with Crippen LogP contribution in [0.2, 0.25) is 40.2 Å². The van der Waals surface area contributed by atoms with Crippen LogP contribution in [0.4, 0.5) is 27.6 Å². The number of alkyl halides is 3. The molecule has 7 N–H and O–H groups in total. The van der Waals surface area contributed by atoms with Crippen molar-refractivity contribution in [3.63, 3.8) is 0 Å². The second kappa shape index (κ2) is 36.6. The summed E-state index contributed by atoms with van der Waals surface area (Å²) in [7, 11) is 1.61. The first-order chi connectivity index (χ1) is 41.2. The van der Waals surface area contributed by atoms with Gasteiger partial charge in [0.2, 0.25) is 0 Å². The predicted octanol–water partition coefficient (Wildman–Crippen LogP) is 17.7. The van der Waals surface area contributed by atoms with Gasteiger partial charge in [-0.25, -0.2) is 27.6 Å². The van der Waals surface area contributed by atoms with Crippen LogP contribution in [-0.4, -0.2) is 118 Å². The number of hydrogen-bond donors (Lipinski definition) is 6. The maximum Gasteiger partial charge on any atom is 0.407 e. The molecule has 0 aromatic heterocycles. The summed E-state index contributed by atoms with van der Waals surface area (Å²) in [6.07, 6.45) is 2.54. The quantitative estimate of drug-likeness (QED) is 0.0485. The minimum Gasteiger partial charge on any atom is -0.508 e. The normalized spacial score (nSPS) is 20.0. The summed E-state index contributed by atoms with van der Waals surface area (Å²) in [6.45, 7) is 16.6. The third kappa shape index (κ3) is 27.8. The summed E-state index contributed by atoms with van der Waals surface area (Å²) in [5, 5.41) is 29.2. The van der Waals surface area contributed by atoms with Crippen LogP contribution < -0.4 is 35.9 Å². The Morgan fingerprint density at radius 1 is 0.483 bits per heavy atom. The second-order valence-corrected chi connectivity index (χ2v) is 27.5. The zero-order chi connectivity index (χ0) is 66.0. The minimum absolute atomic E-state index is 0. The largest absolute Gasteiger partial charge is 0.508 e. The first kappa shape index (κ1) is 79.4. The van der Waals surface area contributed by atoms with Crippen LogP contribution in [-0.2, 0) is 14.2 Å². The van der Waals surface area contributed by atoms with Crippen LogP contribution in [0.25, 0.3) is 0 Å². The molecule has 0 spiro atoms. The molecule has 15 nitrogen and oxygen atoms in total. The van der Waals surface area contributed by atoms with Crippen molar-refractivity contribution in [3.8, 4) is 23.0 Å². The van der Waals surface area contributed by atoms with E-state index in [9.17, 15) is 32.7 Å². The molecule has 0 heterocycles. The number of rotatable bonds is 19. The smallest absolute Gasteiger partial charge is 0.407 e. The van der Waals surface area contributed by atoms with E-state index in [0.29, 0.717) is 102 Å². The summed E-state index contributed by atoms with van der Waals surface area (Å²) in [5.74, 6) is 4.50. The average molecular weight is 1440 g/mol. The summed E-state index contributed by atoms with van der Waals surface area (Å²) >= 11 is 47.9. The number of aliphatic hydroxyl groups is 1. The Morgan fingerprint density at radius 2 is 0.753 bits per heavy atom. The van der Waals surface area contributed by atoms with Crippen LogP contribution in [0.5, 0.6) is 23.0 Å². The number of nitrogens with one attached hydrogen (secondary N) is 3. The average Bonchev–Trinajstić information content (AvgIpc) is 1.85. The van der Waals surface area contributed by atoms with Gasteiger partial charge in [-0.05, 0) is 188 Å². The van der Waals surface area contributed by atoms with Gasteiger partial charge < -0.3 is 60.3 Å². The van der Waals surface area contributed by atoms with Gasteiger partial charge in [-0.3, -0.25) is 0 Å². The Morgan fingerprint density at radius 3 is 1.04 bits per heavy atom. The van der Waals surface area contributed by atoms with Crippen molar-refractivity contribution in [3.05, 3.63) is 111 Å². The lowest BCUT2D eigenvalue weighted by Gasteiger charge is -2.19. The molecule has 4 fully saturated rings. The Labute approximate surface area is 566 Å². The standard InChI is InChI=1S/C17H22Cl2FNO3.C16H21Cl2NO3.C15H19Cl2NO3.C12H14Cl2FNO.C2H5FO.ClH/c1-17(2,3)24-16(22)21-9-10-6-11(10)12-7-13(18)14(19)8-15(12)23-5-4-20;1-16(2,3)22-15(20)19-8-9-5-10(9)11-6-12(17)13(18)7-14(11)21-4;1-15(2,3)21-14(20)18-7-8-4-9(8)10-5-11(16)12(17)6-13(10)19;13-10-4-9(8-3-7(8)6-16)12(5-11(10)14)17-2-1-15;3-1-2-4;/h7-8,10-11H,4-6,9H2,1-3H3,(H,21,22);6-7,9-10H,5,8H2,1-4H3,(H,19,20);5-6,8-9,19H,4,7H2,1-3H3,(H,18,20);4-5,7-8H,1-3,6,16H2;4H,1-2H2;1H. The highest BCUT2D eigenvalue weighted by molar-refractivity contribution is 6.43. The van der Waals surface area contributed by atoms with Gasteiger partial charge in [-0.1, -0.05) is 92.8 Å². The van der Waals surface area contributed by atoms with Crippen LogP contribution in [0.1, 0.15) is 134 Å². The molecule has 4 aliphatic carbocycles. The number of phenolic OH excluding ortho intramolecular Hbond substituents is 1. The summed E-state index contributed by atoms with van der Waals surface area (Å²) in [6, 6.07) is 13.6. The highest BCUT2D eigenvalue weighted by Gasteiger charge is 2.43. The number of ether oxygens (including phenoxy) is 6. The number of methoxy groups -OCH3 is 1. The van der Waals surface area contributed by atoms with Gasteiger partial charge in [0.1, 0.15) is 73.0 Å². The lowest BCUT2D eigenvalue weighted by atomic mass is 10.1. The number of carbonyl (C=O) groups is 3. The fourth-order valence-corrected chi connectivity index (χ4v) is 10.4. The minimum atomic E-state index is -0.625. The van der Waals surface area contributed by atoms with E-state index < -0.39 is 49.0 Å². The molecule has 27 heteroatoms. The third-order valence-corrected chi connectivity index (χ3v) is 16.4. The Hall–Kier alpha value is -3.79. The van der Waals surface area contributed by atoms with E-state index in [1.165, 1.54) is 6.07 Å². The molecule has 8 rings (SSSR count). The van der Waals surface area contributed by atoms with Crippen molar-refractivity contribution in [2.24, 2.45) is 29.4 Å². The third-order valence-electron chi connectivity index (χ3n) is 13.5. The predicted molar refractivity (Wildman–Crippen MR) is 352 cm³/mol. The summed E-state index contributed by atoms with van der Waals surface area (Å²) < 4.78 is 66.8. The molecule has 4 aromatic rings. The van der Waals surface area contributed by atoms with Crippen molar-refractivity contribution >= 4 is 123 Å². The fraction of sp³-hybridized carbons (Fsp3) is 0.565. The number of phenols is 1. The number of carbonyl (C=O) groups excluding carboxylic acids is 3. The van der Waals surface area contributed by atoms with Gasteiger partial charge >= 0.3 is 18.3 Å². The molecule has 0 aliphatic heterocycles. The van der Waals surface area contributed by atoms with Crippen LogP contribution >= 0.6 is 105 Å². The van der Waals surface area contributed by atoms with Gasteiger partial charge in [0.15, 0.2) is 0 Å². The second-order valence-electron chi connectivity index (χ2n) is 24.2. The Bertz CT molecular complexity index is 2960. The number of amides is 3. The molecule has 4 aromatic carbocycles. The molecule has 8 unspecified atom stereocenters. The van der Waals surface area contributed by atoms with Crippen molar-refractivity contribution in [1.82, 2.24) is 16.0 Å². The zero-order valence-electron chi connectivity index (χ0n) is 51.3. The maximum absolute atomic E-state index is 12.4. The number of alkyl carbamates (subject to hydrolysis) is 3. The Kier molecular flexibility index (Phi) is 32.7. The molecule has 0 radical (unpaired) electrons. The molecule has 0 saturated heterocycles. The topological polar surface area (TPSA) is 209 Å². The number of benzene rings is 4. The SMILES string of the molecule is CC(C)(C)OC(=O)NCC1CC1c1cc(Cl)c(Cl)cc1O.CC(C)(C)OC(=O)NCC1CC1c1cc(Cl)c(Cl)cc1OCCF.COc1cc(Cl)c(Cl)cc1C1CC1CNC(=O)OC(C)(C)C.Cl.NCC1CC1c1cc(Cl)c(Cl)cc1OCCF.OCCF. The van der Waals surface area contributed by atoms with E-state index in [0.717, 1.165) is 53.7 Å². The van der Waals surface area contributed by atoms with Gasteiger partial charge in [0, 0.05) is 43.9 Å². The Balaban J connectivity index is 0.000000304. The number of aliphatic hydroxyl groups excluding tert-OH is 1. The number of nitrogens with two attached hydrogens (primary N) is 1. The molecule has 4 saturated carbocycles. The molecule has 89 heavy (non-hydrogen) atoms. The van der Waals surface area contributed by atoms with E-state index in [1.54, 1.807) is 43.5 Å². The molecule has 8 atom stereocenters. The van der Waals surface area contributed by atoms with E-state index in [2.05, 4.69) is 16.0 Å². The molecular formula is C62H82Cl9F3N4O11. The van der Waals surface area contributed by atoms with Gasteiger partial charge in [0.25, 0.3) is 0 Å². The van der Waals surface area contributed by atoms with Gasteiger partial charge in [-0.2, -0.15) is 0 Å². The molecule has 500 valence electrons. The lowest BCUT2D eigenvalue weighted by molar-refractivity contribution is 0.0513. The van der Waals surface area contributed by atoms with E-state index in [1.807, 2.05) is 68.4 Å². The molecular weight excluding hydrogens is 1350 g/mol. The van der Waals surface area contributed by atoms with Crippen molar-refractivity contribution in [2.75, 3.05) is 73.1 Å². The molecule has 4 aliphatic rings. The van der Waals surface area contributed by atoms with E-state index in [4.69, 9.17) is 132 Å². The van der Waals surface area contributed by atoms with E-state index >= 15 is 0 Å².